The van der Waals surface area contributed by atoms with Crippen molar-refractivity contribution < 1.29 is 18.0 Å². The third kappa shape index (κ3) is 4.37. The van der Waals surface area contributed by atoms with Crippen LogP contribution >= 0.6 is 0 Å². The van der Waals surface area contributed by atoms with E-state index < -0.39 is 15.9 Å². The molecule has 0 spiro atoms. The zero-order valence-corrected chi connectivity index (χ0v) is 11.2. The number of hydrogen-bond donors (Lipinski definition) is 2. The Balaban J connectivity index is 2.82. The molecule has 0 radical (unpaired) electrons. The molecule has 0 aliphatic carbocycles. The summed E-state index contributed by atoms with van der Waals surface area (Å²) in [4.78, 5) is 16.3. The van der Waals surface area contributed by atoms with E-state index in [1.54, 1.807) is 6.92 Å². The largest absolute Gasteiger partial charge is 0.274 e. The first kappa shape index (κ1) is 15.2. The van der Waals surface area contributed by atoms with E-state index in [1.807, 2.05) is 0 Å². The molecule has 2 N–H and O–H groups in total. The van der Waals surface area contributed by atoms with Gasteiger partial charge in [0.15, 0.2) is 0 Å². The van der Waals surface area contributed by atoms with Gasteiger partial charge < -0.3 is 0 Å². The summed E-state index contributed by atoms with van der Waals surface area (Å²) < 4.78 is 25.6. The Kier molecular flexibility index (Phi) is 5.51. The second-order valence-electron chi connectivity index (χ2n) is 3.42. The van der Waals surface area contributed by atoms with Gasteiger partial charge in [0.1, 0.15) is 0 Å². The lowest BCUT2D eigenvalue weighted by molar-refractivity contribution is 0.0364. The quantitative estimate of drug-likeness (QED) is 0.580. The highest BCUT2D eigenvalue weighted by Crippen LogP contribution is 2.10. The maximum absolute atomic E-state index is 11.7. The number of rotatable bonds is 6. The van der Waals surface area contributed by atoms with Crippen LogP contribution in [0.1, 0.15) is 17.3 Å². The van der Waals surface area contributed by atoms with Gasteiger partial charge in [-0.05, 0) is 31.2 Å². The summed E-state index contributed by atoms with van der Waals surface area (Å²) in [5.41, 5.74) is 2.51. The highest BCUT2D eigenvalue weighted by atomic mass is 32.2. The maximum atomic E-state index is 11.7. The lowest BCUT2D eigenvalue weighted by atomic mass is 10.2. The van der Waals surface area contributed by atoms with Gasteiger partial charge in [-0.2, -0.15) is 4.72 Å². The fourth-order valence-corrected chi connectivity index (χ4v) is 2.14. The summed E-state index contributed by atoms with van der Waals surface area (Å²) >= 11 is 0. The molecule has 1 aromatic rings. The van der Waals surface area contributed by atoms with Crippen LogP contribution in [0.5, 0.6) is 0 Å². The number of hydroxylamine groups is 1. The zero-order chi connectivity index (χ0) is 14.3. The molecule has 0 unspecified atom stereocenters. The molecule has 1 rings (SSSR count). The Morgan fingerprint density at radius 1 is 1.37 bits per heavy atom. The first-order chi connectivity index (χ1) is 9.01. The molecule has 19 heavy (non-hydrogen) atoms. The maximum Gasteiger partial charge on any atom is 0.274 e. The standard InChI is InChI=1S/C12H14N2O4S/c1-3-9-13-19(16,17)11-7-5-10(6-8-11)12(15)14-18-4-2/h1,5-8,13H,4,9H2,2H3,(H,14,15). The van der Waals surface area contributed by atoms with Gasteiger partial charge in [0.05, 0.1) is 18.0 Å². The van der Waals surface area contributed by atoms with Crippen LogP contribution in [0.3, 0.4) is 0 Å². The first-order valence-electron chi connectivity index (χ1n) is 5.46. The number of benzene rings is 1. The van der Waals surface area contributed by atoms with Gasteiger partial charge in [-0.1, -0.05) is 5.92 Å². The summed E-state index contributed by atoms with van der Waals surface area (Å²) in [5, 5.41) is 0. The van der Waals surface area contributed by atoms with E-state index in [0.717, 1.165) is 0 Å². The number of carbonyl (C=O) groups excluding carboxylic acids is 1. The van der Waals surface area contributed by atoms with Crippen molar-refractivity contribution in [1.29, 1.82) is 0 Å². The van der Waals surface area contributed by atoms with Crippen molar-refractivity contribution in [3.8, 4) is 12.3 Å². The molecule has 102 valence electrons. The van der Waals surface area contributed by atoms with E-state index in [1.165, 1.54) is 24.3 Å². The van der Waals surface area contributed by atoms with E-state index in [-0.39, 0.29) is 11.4 Å². The third-order valence-corrected chi connectivity index (χ3v) is 3.52. The van der Waals surface area contributed by atoms with Crippen molar-refractivity contribution in [3.05, 3.63) is 29.8 Å². The van der Waals surface area contributed by atoms with E-state index in [9.17, 15) is 13.2 Å². The highest BCUT2D eigenvalue weighted by molar-refractivity contribution is 7.89. The fraction of sp³-hybridized carbons (Fsp3) is 0.250. The highest BCUT2D eigenvalue weighted by Gasteiger charge is 2.13. The van der Waals surface area contributed by atoms with Crippen LogP contribution in [0.4, 0.5) is 0 Å². The number of amides is 1. The van der Waals surface area contributed by atoms with Crippen LogP contribution in [-0.2, 0) is 14.9 Å². The van der Waals surface area contributed by atoms with Gasteiger partial charge >= 0.3 is 0 Å². The predicted octanol–water partition coefficient (Wildman–Crippen LogP) is 0.279. The Hall–Kier alpha value is -1.88. The number of terminal acetylenes is 1. The lowest BCUT2D eigenvalue weighted by Crippen LogP contribution is -2.25. The summed E-state index contributed by atoms with van der Waals surface area (Å²) in [5.74, 6) is 1.73. The van der Waals surface area contributed by atoms with Gasteiger partial charge in [0.2, 0.25) is 10.0 Å². The van der Waals surface area contributed by atoms with E-state index in [2.05, 4.69) is 16.1 Å². The molecule has 0 bridgehead atoms. The van der Waals surface area contributed by atoms with Crippen molar-refractivity contribution in [2.75, 3.05) is 13.2 Å². The van der Waals surface area contributed by atoms with Crippen LogP contribution in [0, 0.1) is 12.3 Å². The topological polar surface area (TPSA) is 84.5 Å². The summed E-state index contributed by atoms with van der Waals surface area (Å²) in [6.45, 7) is 1.98. The van der Waals surface area contributed by atoms with Gasteiger partial charge in [0.25, 0.3) is 5.91 Å². The van der Waals surface area contributed by atoms with Gasteiger partial charge in [-0.25, -0.2) is 13.9 Å². The summed E-state index contributed by atoms with van der Waals surface area (Å²) in [6, 6.07) is 5.41. The number of nitrogens with one attached hydrogen (secondary N) is 2. The summed E-state index contributed by atoms with van der Waals surface area (Å²) in [7, 11) is -3.64. The summed E-state index contributed by atoms with van der Waals surface area (Å²) in [6.07, 6.45) is 4.98. The molecule has 0 atom stereocenters. The van der Waals surface area contributed by atoms with Crippen molar-refractivity contribution >= 4 is 15.9 Å². The van der Waals surface area contributed by atoms with E-state index in [0.29, 0.717) is 12.2 Å². The molecule has 0 aliphatic heterocycles. The molecular weight excluding hydrogens is 268 g/mol. The van der Waals surface area contributed by atoms with Crippen molar-refractivity contribution in [2.24, 2.45) is 0 Å². The van der Waals surface area contributed by atoms with Crippen LogP contribution in [0.2, 0.25) is 0 Å². The van der Waals surface area contributed by atoms with E-state index in [4.69, 9.17) is 11.3 Å². The normalized spacial score (nSPS) is 10.7. The Morgan fingerprint density at radius 3 is 2.53 bits per heavy atom. The Labute approximate surface area is 112 Å². The molecule has 0 saturated carbocycles. The third-order valence-electron chi connectivity index (χ3n) is 2.10. The van der Waals surface area contributed by atoms with Crippen LogP contribution in [0.15, 0.2) is 29.2 Å². The Morgan fingerprint density at radius 2 is 2.00 bits per heavy atom. The van der Waals surface area contributed by atoms with Crippen LogP contribution < -0.4 is 10.2 Å². The average molecular weight is 282 g/mol. The molecule has 6 nitrogen and oxygen atoms in total. The molecule has 0 aromatic heterocycles. The predicted molar refractivity (Wildman–Crippen MR) is 69.6 cm³/mol. The minimum atomic E-state index is -3.64. The lowest BCUT2D eigenvalue weighted by Gasteiger charge is -2.06. The fourth-order valence-electron chi connectivity index (χ4n) is 1.20. The SMILES string of the molecule is C#CCNS(=O)(=O)c1ccc(C(=O)NOCC)cc1. The van der Waals surface area contributed by atoms with Crippen LogP contribution in [-0.4, -0.2) is 27.5 Å². The average Bonchev–Trinajstić information content (AvgIpc) is 2.42. The smallest absolute Gasteiger partial charge is 0.274 e. The molecule has 0 saturated heterocycles. The van der Waals surface area contributed by atoms with Crippen molar-refractivity contribution in [1.82, 2.24) is 10.2 Å². The monoisotopic (exact) mass is 282 g/mol. The molecular formula is C12H14N2O4S. The van der Waals surface area contributed by atoms with Gasteiger partial charge in [0, 0.05) is 5.56 Å². The van der Waals surface area contributed by atoms with Crippen molar-refractivity contribution in [2.45, 2.75) is 11.8 Å². The zero-order valence-electron chi connectivity index (χ0n) is 10.3. The molecule has 0 fully saturated rings. The molecule has 0 heterocycles. The second-order valence-corrected chi connectivity index (χ2v) is 5.18. The van der Waals surface area contributed by atoms with E-state index >= 15 is 0 Å². The molecule has 0 aliphatic rings. The number of sulfonamides is 1. The van der Waals surface area contributed by atoms with Gasteiger partial charge in [-0.15, -0.1) is 6.42 Å². The van der Waals surface area contributed by atoms with Crippen LogP contribution in [0.25, 0.3) is 0 Å². The minimum absolute atomic E-state index is 0.0377. The number of carbonyl (C=O) groups is 1. The van der Waals surface area contributed by atoms with Gasteiger partial charge in [-0.3, -0.25) is 9.63 Å². The molecule has 7 heteroatoms. The second kappa shape index (κ2) is 6.89. The first-order valence-corrected chi connectivity index (χ1v) is 6.95. The minimum Gasteiger partial charge on any atom is -0.274 e. The molecule has 1 amide bonds. The Bertz CT molecular complexity index is 573. The molecule has 1 aromatic carbocycles. The van der Waals surface area contributed by atoms with Crippen molar-refractivity contribution in [3.63, 3.8) is 0 Å². The number of hydrogen-bond acceptors (Lipinski definition) is 4.